The second-order valence-corrected chi connectivity index (χ2v) is 5.86. The molecule has 0 aliphatic rings. The van der Waals surface area contributed by atoms with Gasteiger partial charge in [-0.3, -0.25) is 0 Å². The van der Waals surface area contributed by atoms with Gasteiger partial charge < -0.3 is 4.74 Å². The monoisotopic (exact) mass is 340 g/mol. The lowest BCUT2D eigenvalue weighted by Crippen LogP contribution is -2.11. The van der Waals surface area contributed by atoms with Crippen molar-refractivity contribution in [3.63, 3.8) is 0 Å². The molecule has 25 heavy (non-hydrogen) atoms. The van der Waals surface area contributed by atoms with Gasteiger partial charge in [-0.1, -0.05) is 38.7 Å². The Labute approximate surface area is 147 Å². The maximum atomic E-state index is 13.5. The molecule has 2 aromatic rings. The largest absolute Gasteiger partial charge is 0.422 e. The van der Waals surface area contributed by atoms with E-state index in [0.717, 1.165) is 24.5 Å². The van der Waals surface area contributed by atoms with Crippen molar-refractivity contribution in [2.45, 2.75) is 45.4 Å². The topological polar surface area (TPSA) is 63.0 Å². The molecule has 0 unspecified atom stereocenters. The Balaban J connectivity index is 1.89. The van der Waals surface area contributed by atoms with Crippen molar-refractivity contribution in [1.82, 2.24) is 4.98 Å². The van der Waals surface area contributed by atoms with E-state index in [0.29, 0.717) is 0 Å². The first-order chi connectivity index (χ1) is 12.1. The van der Waals surface area contributed by atoms with E-state index >= 15 is 0 Å². The van der Waals surface area contributed by atoms with Gasteiger partial charge >= 0.3 is 5.97 Å². The number of rotatable bonds is 8. The van der Waals surface area contributed by atoms with E-state index in [4.69, 9.17) is 10.00 Å². The molecule has 0 aliphatic heterocycles. The molecular formula is C20H21FN2O2. The normalized spacial score (nSPS) is 10.3. The van der Waals surface area contributed by atoms with Gasteiger partial charge in [-0.2, -0.15) is 5.26 Å². The highest BCUT2D eigenvalue weighted by molar-refractivity contribution is 5.88. The van der Waals surface area contributed by atoms with Crippen LogP contribution in [0.3, 0.4) is 0 Å². The first kappa shape index (κ1) is 18.6. The number of nitriles is 1. The van der Waals surface area contributed by atoms with E-state index in [1.54, 1.807) is 18.3 Å². The lowest BCUT2D eigenvalue weighted by atomic mass is 10.1. The Morgan fingerprint density at radius 3 is 2.64 bits per heavy atom. The van der Waals surface area contributed by atoms with Crippen molar-refractivity contribution in [2.24, 2.45) is 0 Å². The summed E-state index contributed by atoms with van der Waals surface area (Å²) in [5.74, 6) is -1.33. The van der Waals surface area contributed by atoms with Crippen molar-refractivity contribution in [1.29, 1.82) is 5.26 Å². The summed E-state index contributed by atoms with van der Waals surface area (Å²) < 4.78 is 18.6. The van der Waals surface area contributed by atoms with E-state index < -0.39 is 11.8 Å². The van der Waals surface area contributed by atoms with Gasteiger partial charge in [0.05, 0.1) is 5.56 Å². The molecule has 0 saturated carbocycles. The molecular weight excluding hydrogens is 319 g/mol. The van der Waals surface area contributed by atoms with Crippen LogP contribution in [-0.2, 0) is 6.42 Å². The van der Waals surface area contributed by atoms with Crippen LogP contribution in [0.2, 0.25) is 0 Å². The highest BCUT2D eigenvalue weighted by atomic mass is 19.1. The van der Waals surface area contributed by atoms with E-state index in [2.05, 4.69) is 11.9 Å². The number of nitrogens with zero attached hydrogens (tertiary/aromatic N) is 2. The highest BCUT2D eigenvalue weighted by Crippen LogP contribution is 2.17. The molecule has 0 saturated heterocycles. The summed E-state index contributed by atoms with van der Waals surface area (Å²) in [6.45, 7) is 2.19. The smallest absolute Gasteiger partial charge is 0.362 e. The molecule has 1 aromatic heterocycles. The minimum absolute atomic E-state index is 0.0447. The standard InChI is InChI=1S/C20H21FN2O2/c1-2-3-4-5-6-7-15-8-11-19(23-14-15)20(24)25-17-10-9-16(13-22)18(21)12-17/h8-12,14H,2-7H2,1H3. The Hall–Kier alpha value is -2.74. The molecule has 0 N–H and O–H groups in total. The fourth-order valence-electron chi connectivity index (χ4n) is 2.44. The fourth-order valence-corrected chi connectivity index (χ4v) is 2.44. The summed E-state index contributed by atoms with van der Waals surface area (Å²) >= 11 is 0. The summed E-state index contributed by atoms with van der Waals surface area (Å²) in [6, 6.07) is 8.86. The number of aryl methyl sites for hydroxylation is 1. The number of halogens is 1. The van der Waals surface area contributed by atoms with Crippen LogP contribution in [0.25, 0.3) is 0 Å². The number of carbonyl (C=O) groups excluding carboxylic acids is 1. The molecule has 0 radical (unpaired) electrons. The number of carbonyl (C=O) groups is 1. The van der Waals surface area contributed by atoms with Crippen LogP contribution in [0, 0.1) is 17.1 Å². The summed E-state index contributed by atoms with van der Waals surface area (Å²) in [5, 5.41) is 8.69. The fraction of sp³-hybridized carbons (Fsp3) is 0.350. The maximum absolute atomic E-state index is 13.5. The van der Waals surface area contributed by atoms with Crippen molar-refractivity contribution < 1.29 is 13.9 Å². The quantitative estimate of drug-likeness (QED) is 0.392. The van der Waals surface area contributed by atoms with Crippen molar-refractivity contribution in [3.8, 4) is 11.8 Å². The molecule has 1 heterocycles. The lowest BCUT2D eigenvalue weighted by molar-refractivity contribution is 0.0728. The van der Waals surface area contributed by atoms with Gasteiger partial charge in [-0.25, -0.2) is 14.2 Å². The van der Waals surface area contributed by atoms with Crippen LogP contribution < -0.4 is 4.74 Å². The van der Waals surface area contributed by atoms with Gasteiger partial charge in [0.1, 0.15) is 23.3 Å². The maximum Gasteiger partial charge on any atom is 0.362 e. The Bertz CT molecular complexity index is 751. The van der Waals surface area contributed by atoms with Crippen LogP contribution in [0.5, 0.6) is 5.75 Å². The van der Waals surface area contributed by atoms with E-state index in [1.807, 2.05) is 6.07 Å². The predicted octanol–water partition coefficient (Wildman–Crippen LogP) is 4.82. The number of benzene rings is 1. The average Bonchev–Trinajstić information content (AvgIpc) is 2.62. The summed E-state index contributed by atoms with van der Waals surface area (Å²) in [5.41, 5.74) is 1.15. The zero-order chi connectivity index (χ0) is 18.1. The summed E-state index contributed by atoms with van der Waals surface area (Å²) in [4.78, 5) is 16.2. The second-order valence-electron chi connectivity index (χ2n) is 5.86. The van der Waals surface area contributed by atoms with Gasteiger partial charge in [0.15, 0.2) is 0 Å². The zero-order valence-electron chi connectivity index (χ0n) is 14.3. The first-order valence-corrected chi connectivity index (χ1v) is 8.50. The Morgan fingerprint density at radius 2 is 2.00 bits per heavy atom. The molecule has 4 nitrogen and oxygen atoms in total. The highest BCUT2D eigenvalue weighted by Gasteiger charge is 2.12. The third-order valence-electron chi connectivity index (χ3n) is 3.87. The van der Waals surface area contributed by atoms with E-state index in [-0.39, 0.29) is 17.0 Å². The predicted molar refractivity (Wildman–Crippen MR) is 92.8 cm³/mol. The summed E-state index contributed by atoms with van der Waals surface area (Å²) in [6.07, 6.45) is 8.65. The first-order valence-electron chi connectivity index (χ1n) is 8.50. The molecule has 0 aliphatic carbocycles. The van der Waals surface area contributed by atoms with Crippen LogP contribution in [0.15, 0.2) is 36.5 Å². The molecule has 5 heteroatoms. The number of esters is 1. The van der Waals surface area contributed by atoms with Gasteiger partial charge in [0.25, 0.3) is 0 Å². The Morgan fingerprint density at radius 1 is 1.20 bits per heavy atom. The van der Waals surface area contributed by atoms with Gasteiger partial charge in [-0.15, -0.1) is 0 Å². The van der Waals surface area contributed by atoms with Crippen LogP contribution >= 0.6 is 0 Å². The van der Waals surface area contributed by atoms with Crippen LogP contribution in [0.4, 0.5) is 4.39 Å². The number of aromatic nitrogens is 1. The lowest BCUT2D eigenvalue weighted by Gasteiger charge is -2.05. The number of hydrogen-bond donors (Lipinski definition) is 0. The van der Waals surface area contributed by atoms with Gasteiger partial charge in [0.2, 0.25) is 0 Å². The van der Waals surface area contributed by atoms with E-state index in [1.165, 1.54) is 37.8 Å². The third-order valence-corrected chi connectivity index (χ3v) is 3.87. The number of ether oxygens (including phenoxy) is 1. The SMILES string of the molecule is CCCCCCCc1ccc(C(=O)Oc2ccc(C#N)c(F)c2)nc1. The number of pyridine rings is 1. The average molecular weight is 340 g/mol. The van der Waals surface area contributed by atoms with Crippen molar-refractivity contribution >= 4 is 5.97 Å². The van der Waals surface area contributed by atoms with Crippen LogP contribution in [-0.4, -0.2) is 11.0 Å². The molecule has 0 spiro atoms. The van der Waals surface area contributed by atoms with Gasteiger partial charge in [-0.05, 0) is 36.6 Å². The number of unbranched alkanes of at least 4 members (excludes halogenated alkanes) is 4. The van der Waals surface area contributed by atoms with E-state index in [9.17, 15) is 9.18 Å². The Kier molecular flexibility index (Phi) is 7.09. The zero-order valence-corrected chi connectivity index (χ0v) is 14.3. The molecule has 130 valence electrons. The second kappa shape index (κ2) is 9.53. The van der Waals surface area contributed by atoms with Crippen molar-refractivity contribution in [3.05, 3.63) is 59.2 Å². The molecule has 0 bridgehead atoms. The van der Waals surface area contributed by atoms with Crippen LogP contribution in [0.1, 0.15) is 60.6 Å². The van der Waals surface area contributed by atoms with Crippen molar-refractivity contribution in [2.75, 3.05) is 0 Å². The molecule has 1 aromatic carbocycles. The summed E-state index contributed by atoms with van der Waals surface area (Å²) in [7, 11) is 0. The third kappa shape index (κ3) is 5.68. The van der Waals surface area contributed by atoms with Gasteiger partial charge in [0, 0.05) is 12.3 Å². The number of hydrogen-bond acceptors (Lipinski definition) is 4. The molecule has 2 rings (SSSR count). The molecule has 0 atom stereocenters. The minimum atomic E-state index is -0.723. The molecule has 0 fully saturated rings. The molecule has 0 amide bonds. The minimum Gasteiger partial charge on any atom is -0.422 e.